The van der Waals surface area contributed by atoms with Crippen LogP contribution in [0.3, 0.4) is 0 Å². The number of hydrogen-bond donors (Lipinski definition) is 3. The Morgan fingerprint density at radius 1 is 1.43 bits per heavy atom. The second-order valence-corrected chi connectivity index (χ2v) is 6.12. The summed E-state index contributed by atoms with van der Waals surface area (Å²) in [5, 5.41) is 15.7. The third kappa shape index (κ3) is 5.14. The molecule has 0 radical (unpaired) electrons. The molecule has 1 fully saturated rings. The Bertz CT molecular complexity index is 553. The minimum atomic E-state index is -0.963. The van der Waals surface area contributed by atoms with Crippen LogP contribution in [0.25, 0.3) is 0 Å². The summed E-state index contributed by atoms with van der Waals surface area (Å²) in [6.07, 6.45) is 2.15. The fourth-order valence-electron chi connectivity index (χ4n) is 1.90. The van der Waals surface area contributed by atoms with Crippen molar-refractivity contribution in [1.29, 1.82) is 0 Å². The topological polar surface area (TPSA) is 108 Å². The first-order valence-corrected chi connectivity index (χ1v) is 7.60. The second-order valence-electron chi connectivity index (χ2n) is 5.26. The number of nitrogens with one attached hydrogen (secondary N) is 2. The maximum absolute atomic E-state index is 11.6. The SMILES string of the molecule is CC(CC(=O)O)CC(=O)NC(=O)Nc1nc(C2CC2)cs1. The van der Waals surface area contributed by atoms with Gasteiger partial charge in [-0.3, -0.25) is 20.2 Å². The molecule has 1 saturated carbocycles. The number of anilines is 1. The van der Waals surface area contributed by atoms with E-state index in [-0.39, 0.29) is 18.8 Å². The Balaban J connectivity index is 1.75. The summed E-state index contributed by atoms with van der Waals surface area (Å²) in [6, 6.07) is -0.640. The van der Waals surface area contributed by atoms with E-state index >= 15 is 0 Å². The maximum atomic E-state index is 11.6. The lowest BCUT2D eigenvalue weighted by molar-refractivity contribution is -0.138. The highest BCUT2D eigenvalue weighted by Crippen LogP contribution is 2.40. The molecule has 8 heteroatoms. The van der Waals surface area contributed by atoms with Crippen LogP contribution in [-0.4, -0.2) is 28.0 Å². The van der Waals surface area contributed by atoms with Gasteiger partial charge in [0.15, 0.2) is 5.13 Å². The number of rotatable bonds is 6. The van der Waals surface area contributed by atoms with Gasteiger partial charge >= 0.3 is 12.0 Å². The summed E-state index contributed by atoms with van der Waals surface area (Å²) in [7, 11) is 0. The highest BCUT2D eigenvalue weighted by molar-refractivity contribution is 7.13. The van der Waals surface area contributed by atoms with Crippen molar-refractivity contribution in [2.45, 2.75) is 38.5 Å². The molecule has 1 aliphatic carbocycles. The predicted molar refractivity (Wildman–Crippen MR) is 77.3 cm³/mol. The van der Waals surface area contributed by atoms with Crippen molar-refractivity contribution in [3.8, 4) is 0 Å². The van der Waals surface area contributed by atoms with Crippen molar-refractivity contribution in [3.63, 3.8) is 0 Å². The van der Waals surface area contributed by atoms with Crippen molar-refractivity contribution < 1.29 is 19.5 Å². The Labute approximate surface area is 125 Å². The largest absolute Gasteiger partial charge is 0.481 e. The van der Waals surface area contributed by atoms with Gasteiger partial charge in [-0.15, -0.1) is 11.3 Å². The molecule has 3 N–H and O–H groups in total. The molecule has 0 bridgehead atoms. The summed E-state index contributed by atoms with van der Waals surface area (Å²) in [4.78, 5) is 38.0. The molecule has 114 valence electrons. The van der Waals surface area contributed by atoms with Gasteiger partial charge in [-0.25, -0.2) is 9.78 Å². The first kappa shape index (κ1) is 15.4. The Kier molecular flexibility index (Phi) is 4.89. The van der Waals surface area contributed by atoms with E-state index in [2.05, 4.69) is 15.6 Å². The van der Waals surface area contributed by atoms with Gasteiger partial charge in [-0.05, 0) is 18.8 Å². The van der Waals surface area contributed by atoms with Crippen LogP contribution >= 0.6 is 11.3 Å². The van der Waals surface area contributed by atoms with Crippen molar-refractivity contribution in [2.24, 2.45) is 5.92 Å². The number of aromatic nitrogens is 1. The first-order valence-electron chi connectivity index (χ1n) is 6.72. The lowest BCUT2D eigenvalue weighted by atomic mass is 10.0. The second kappa shape index (κ2) is 6.66. The zero-order chi connectivity index (χ0) is 15.4. The predicted octanol–water partition coefficient (Wildman–Crippen LogP) is 2.17. The molecule has 0 saturated heterocycles. The van der Waals surface area contributed by atoms with E-state index in [0.29, 0.717) is 11.0 Å². The van der Waals surface area contributed by atoms with E-state index in [1.54, 1.807) is 6.92 Å². The van der Waals surface area contributed by atoms with Gasteiger partial charge in [0.1, 0.15) is 0 Å². The summed E-state index contributed by atoms with van der Waals surface area (Å²) in [5.74, 6) is -1.27. The number of thiazole rings is 1. The molecule has 0 spiro atoms. The lowest BCUT2D eigenvalue weighted by Crippen LogP contribution is -2.35. The standard InChI is InChI=1S/C13H17N3O4S/c1-7(5-11(18)19)4-10(17)15-12(20)16-13-14-9(6-21-13)8-2-3-8/h6-8H,2-5H2,1H3,(H,18,19)(H2,14,15,16,17,20). The molecule has 7 nitrogen and oxygen atoms in total. The lowest BCUT2D eigenvalue weighted by Gasteiger charge is -2.08. The van der Waals surface area contributed by atoms with E-state index in [4.69, 9.17) is 5.11 Å². The number of carbonyl (C=O) groups is 3. The van der Waals surface area contributed by atoms with Crippen LogP contribution in [0.15, 0.2) is 5.38 Å². The summed E-state index contributed by atoms with van der Waals surface area (Å²) in [5.41, 5.74) is 0.983. The van der Waals surface area contributed by atoms with Crippen molar-refractivity contribution >= 4 is 34.4 Å². The average molecular weight is 311 g/mol. The first-order chi connectivity index (χ1) is 9.94. The Morgan fingerprint density at radius 3 is 2.76 bits per heavy atom. The summed E-state index contributed by atoms with van der Waals surface area (Å²) >= 11 is 1.32. The van der Waals surface area contributed by atoms with E-state index in [9.17, 15) is 14.4 Å². The van der Waals surface area contributed by atoms with E-state index in [1.807, 2.05) is 5.38 Å². The third-order valence-corrected chi connectivity index (χ3v) is 3.82. The normalized spacial score (nSPS) is 15.3. The summed E-state index contributed by atoms with van der Waals surface area (Å²) in [6.45, 7) is 1.65. The third-order valence-electron chi connectivity index (χ3n) is 3.05. The van der Waals surface area contributed by atoms with E-state index in [0.717, 1.165) is 18.5 Å². The highest BCUT2D eigenvalue weighted by Gasteiger charge is 2.26. The highest BCUT2D eigenvalue weighted by atomic mass is 32.1. The zero-order valence-corrected chi connectivity index (χ0v) is 12.4. The number of urea groups is 1. The smallest absolute Gasteiger partial charge is 0.327 e. The number of hydrogen-bond acceptors (Lipinski definition) is 5. The van der Waals surface area contributed by atoms with Gasteiger partial charge in [0.05, 0.1) is 5.69 Å². The minimum Gasteiger partial charge on any atom is -0.481 e. The number of amides is 3. The van der Waals surface area contributed by atoms with Crippen LogP contribution in [0, 0.1) is 5.92 Å². The molecule has 0 aromatic carbocycles. The number of carboxylic acid groups (broad SMARTS) is 1. The number of imide groups is 1. The van der Waals surface area contributed by atoms with Crippen molar-refractivity contribution in [3.05, 3.63) is 11.1 Å². The number of carboxylic acids is 1. The number of carbonyl (C=O) groups excluding carboxylic acids is 2. The molecule has 1 aliphatic rings. The van der Waals surface area contributed by atoms with Crippen LogP contribution in [-0.2, 0) is 9.59 Å². The van der Waals surface area contributed by atoms with Crippen LogP contribution in [0.2, 0.25) is 0 Å². The molecule has 1 aromatic rings. The molecule has 1 unspecified atom stereocenters. The fraction of sp³-hybridized carbons (Fsp3) is 0.538. The number of nitrogens with zero attached hydrogens (tertiary/aromatic N) is 1. The van der Waals surface area contributed by atoms with Gasteiger partial charge < -0.3 is 5.11 Å². The van der Waals surface area contributed by atoms with Gasteiger partial charge in [0.25, 0.3) is 0 Å². The van der Waals surface area contributed by atoms with Crippen molar-refractivity contribution in [1.82, 2.24) is 10.3 Å². The molecule has 2 rings (SSSR count). The molecule has 21 heavy (non-hydrogen) atoms. The van der Waals surface area contributed by atoms with Gasteiger partial charge in [0, 0.05) is 24.1 Å². The monoisotopic (exact) mass is 311 g/mol. The van der Waals surface area contributed by atoms with Gasteiger partial charge in [-0.1, -0.05) is 6.92 Å². The van der Waals surface area contributed by atoms with Crippen molar-refractivity contribution in [2.75, 3.05) is 5.32 Å². The van der Waals surface area contributed by atoms with Crippen LogP contribution < -0.4 is 10.6 Å². The molecular formula is C13H17N3O4S. The van der Waals surface area contributed by atoms with E-state index in [1.165, 1.54) is 11.3 Å². The quantitative estimate of drug-likeness (QED) is 0.746. The Hall–Kier alpha value is -1.96. The molecular weight excluding hydrogens is 294 g/mol. The molecule has 1 atom stereocenters. The van der Waals surface area contributed by atoms with Crippen LogP contribution in [0.5, 0.6) is 0 Å². The zero-order valence-electron chi connectivity index (χ0n) is 11.6. The van der Waals surface area contributed by atoms with Gasteiger partial charge in [-0.2, -0.15) is 0 Å². The summed E-state index contributed by atoms with van der Waals surface area (Å²) < 4.78 is 0. The van der Waals surface area contributed by atoms with Gasteiger partial charge in [0.2, 0.25) is 5.91 Å². The van der Waals surface area contributed by atoms with Crippen LogP contribution in [0.4, 0.5) is 9.93 Å². The molecule has 1 heterocycles. The molecule has 0 aliphatic heterocycles. The number of aliphatic carboxylic acids is 1. The molecule has 1 aromatic heterocycles. The molecule has 3 amide bonds. The average Bonchev–Trinajstić information content (AvgIpc) is 3.09. The fourth-order valence-corrected chi connectivity index (χ4v) is 2.69. The van der Waals surface area contributed by atoms with Crippen LogP contribution in [0.1, 0.15) is 44.2 Å². The maximum Gasteiger partial charge on any atom is 0.327 e. The van der Waals surface area contributed by atoms with E-state index < -0.39 is 17.9 Å². The Morgan fingerprint density at radius 2 is 2.14 bits per heavy atom. The minimum absolute atomic E-state index is 0.00901.